The Morgan fingerprint density at radius 1 is 1.22 bits per heavy atom. The van der Waals surface area contributed by atoms with E-state index in [2.05, 4.69) is 0 Å². The number of carbonyl (C=O) groups is 2. The summed E-state index contributed by atoms with van der Waals surface area (Å²) in [5, 5.41) is 10.2. The van der Waals surface area contributed by atoms with Gasteiger partial charge in [0.1, 0.15) is 5.78 Å². The molecule has 0 aromatic heterocycles. The fraction of sp³-hybridized carbons (Fsp3) is 0.385. The van der Waals surface area contributed by atoms with Crippen LogP contribution in [-0.4, -0.2) is 23.0 Å². The molecule has 0 fully saturated rings. The van der Waals surface area contributed by atoms with Gasteiger partial charge in [0.2, 0.25) is 5.78 Å². The lowest BCUT2D eigenvalue weighted by Gasteiger charge is -2.01. The van der Waals surface area contributed by atoms with Crippen molar-refractivity contribution in [3.05, 3.63) is 45.5 Å². The molecule has 0 spiro atoms. The quantitative estimate of drug-likeness (QED) is 0.421. The van der Waals surface area contributed by atoms with Crippen LogP contribution in [0.25, 0.3) is 0 Å². The van der Waals surface area contributed by atoms with Crippen molar-refractivity contribution in [1.29, 1.82) is 0 Å². The number of hydrogen-bond donors (Lipinski definition) is 0. The third kappa shape index (κ3) is 4.86. The Kier molecular flexibility index (Phi) is 5.17. The Hall–Kier alpha value is -2.04. The van der Waals surface area contributed by atoms with Crippen molar-refractivity contribution >= 4 is 11.6 Å². The minimum atomic E-state index is -0.677. The van der Waals surface area contributed by atoms with Gasteiger partial charge in [-0.1, -0.05) is 24.3 Å². The van der Waals surface area contributed by atoms with Crippen LogP contribution < -0.4 is 0 Å². The van der Waals surface area contributed by atoms with Crippen LogP contribution in [0, 0.1) is 10.1 Å². The van der Waals surface area contributed by atoms with Gasteiger partial charge >= 0.3 is 0 Å². The summed E-state index contributed by atoms with van der Waals surface area (Å²) in [6.07, 6.45) is 2.09. The van der Waals surface area contributed by atoms with Crippen LogP contribution in [0.15, 0.2) is 24.3 Å². The summed E-state index contributed by atoms with van der Waals surface area (Å²) in [5.74, 6) is -0.330. The van der Waals surface area contributed by atoms with Crippen molar-refractivity contribution in [2.75, 3.05) is 6.54 Å². The normalized spacial score (nSPS) is 10.1. The minimum Gasteiger partial charge on any atom is -0.300 e. The van der Waals surface area contributed by atoms with Crippen LogP contribution >= 0.6 is 0 Å². The van der Waals surface area contributed by atoms with Crippen molar-refractivity contribution < 1.29 is 14.5 Å². The van der Waals surface area contributed by atoms with E-state index in [9.17, 15) is 19.7 Å². The van der Waals surface area contributed by atoms with Gasteiger partial charge in [-0.2, -0.15) is 0 Å². The fourth-order valence-electron chi connectivity index (χ4n) is 1.61. The van der Waals surface area contributed by atoms with Gasteiger partial charge in [-0.25, -0.2) is 0 Å². The first kappa shape index (κ1) is 14.0. The molecule has 0 aliphatic heterocycles. The first-order chi connectivity index (χ1) is 8.49. The van der Waals surface area contributed by atoms with E-state index < -0.39 is 17.3 Å². The number of rotatable bonds is 7. The molecule has 0 aliphatic rings. The summed E-state index contributed by atoms with van der Waals surface area (Å²) in [4.78, 5) is 31.7. The summed E-state index contributed by atoms with van der Waals surface area (Å²) < 4.78 is 0. The maximum absolute atomic E-state index is 11.4. The second-order valence-corrected chi connectivity index (χ2v) is 4.17. The zero-order chi connectivity index (χ0) is 13.5. The average molecular weight is 249 g/mol. The molecule has 1 aromatic rings. The topological polar surface area (TPSA) is 77.3 Å². The van der Waals surface area contributed by atoms with Gasteiger partial charge in [-0.05, 0) is 25.3 Å². The van der Waals surface area contributed by atoms with Crippen LogP contribution in [-0.2, 0) is 11.2 Å². The lowest BCUT2D eigenvalue weighted by molar-refractivity contribution is -0.465. The van der Waals surface area contributed by atoms with E-state index in [0.29, 0.717) is 12.0 Å². The lowest BCUT2D eigenvalue weighted by atomic mass is 10.0. The van der Waals surface area contributed by atoms with Crippen molar-refractivity contribution in [3.8, 4) is 0 Å². The molecule has 0 unspecified atom stereocenters. The molecule has 0 saturated heterocycles. The van der Waals surface area contributed by atoms with Crippen molar-refractivity contribution in [2.45, 2.75) is 26.2 Å². The van der Waals surface area contributed by atoms with Gasteiger partial charge in [0.15, 0.2) is 0 Å². The molecule has 0 radical (unpaired) electrons. The maximum atomic E-state index is 11.4. The fourth-order valence-corrected chi connectivity index (χ4v) is 1.61. The monoisotopic (exact) mass is 249 g/mol. The molecule has 0 saturated carbocycles. The zero-order valence-corrected chi connectivity index (χ0v) is 10.2. The van der Waals surface area contributed by atoms with Crippen molar-refractivity contribution in [3.63, 3.8) is 0 Å². The van der Waals surface area contributed by atoms with Gasteiger partial charge in [0.05, 0.1) is 0 Å². The van der Waals surface area contributed by atoms with Gasteiger partial charge in [-0.3, -0.25) is 14.9 Å². The average Bonchev–Trinajstić information content (AvgIpc) is 2.28. The maximum Gasteiger partial charge on any atom is 0.265 e. The first-order valence-electron chi connectivity index (χ1n) is 5.72. The highest BCUT2D eigenvalue weighted by molar-refractivity contribution is 5.96. The Bertz CT molecular complexity index is 451. The van der Waals surface area contributed by atoms with Gasteiger partial charge in [0.25, 0.3) is 6.54 Å². The van der Waals surface area contributed by atoms with Gasteiger partial charge < -0.3 is 4.79 Å². The molecule has 0 amide bonds. The highest BCUT2D eigenvalue weighted by atomic mass is 16.6. The highest BCUT2D eigenvalue weighted by Gasteiger charge is 2.11. The highest BCUT2D eigenvalue weighted by Crippen LogP contribution is 2.09. The molecule has 0 bridgehead atoms. The van der Waals surface area contributed by atoms with Gasteiger partial charge in [-0.15, -0.1) is 0 Å². The summed E-state index contributed by atoms with van der Waals surface area (Å²) in [7, 11) is 0. The van der Waals surface area contributed by atoms with Crippen LogP contribution in [0.1, 0.15) is 35.7 Å². The number of nitrogens with zero attached hydrogens (tertiary/aromatic N) is 1. The van der Waals surface area contributed by atoms with E-state index in [4.69, 9.17) is 0 Å². The largest absolute Gasteiger partial charge is 0.300 e. The molecule has 0 atom stereocenters. The smallest absolute Gasteiger partial charge is 0.265 e. The van der Waals surface area contributed by atoms with Crippen LogP contribution in [0.3, 0.4) is 0 Å². The number of hydrogen-bond acceptors (Lipinski definition) is 4. The van der Waals surface area contributed by atoms with Crippen LogP contribution in [0.4, 0.5) is 0 Å². The van der Waals surface area contributed by atoms with E-state index in [1.807, 2.05) is 0 Å². The molecule has 0 aliphatic carbocycles. The number of Topliss-reactive ketones (excluding diaryl/α,β-unsaturated/α-hetero) is 2. The van der Waals surface area contributed by atoms with E-state index in [1.54, 1.807) is 31.2 Å². The SMILES string of the molecule is CC(=O)CCCc1ccc(C(=O)C[N+](=O)[O-])cc1. The summed E-state index contributed by atoms with van der Waals surface area (Å²) in [6, 6.07) is 6.73. The Morgan fingerprint density at radius 2 is 1.83 bits per heavy atom. The molecular formula is C13H15NO4. The molecule has 96 valence electrons. The molecule has 5 nitrogen and oxygen atoms in total. The summed E-state index contributed by atoms with van der Waals surface area (Å²) >= 11 is 0. The first-order valence-corrected chi connectivity index (χ1v) is 5.72. The predicted molar refractivity (Wildman–Crippen MR) is 66.3 cm³/mol. The molecular weight excluding hydrogens is 234 g/mol. The van der Waals surface area contributed by atoms with Crippen LogP contribution in [0.5, 0.6) is 0 Å². The standard InChI is InChI=1S/C13H15NO4/c1-10(15)3-2-4-11-5-7-12(8-6-11)13(16)9-14(17)18/h5-8H,2-4,9H2,1H3. The number of benzene rings is 1. The lowest BCUT2D eigenvalue weighted by Crippen LogP contribution is -2.13. The van der Waals surface area contributed by atoms with E-state index in [0.717, 1.165) is 18.4 Å². The number of ketones is 2. The Balaban J connectivity index is 2.54. The van der Waals surface area contributed by atoms with Gasteiger partial charge in [0, 0.05) is 16.9 Å². The van der Waals surface area contributed by atoms with Crippen molar-refractivity contribution in [1.82, 2.24) is 0 Å². The van der Waals surface area contributed by atoms with E-state index in [-0.39, 0.29) is 5.78 Å². The second-order valence-electron chi connectivity index (χ2n) is 4.17. The molecule has 1 rings (SSSR count). The molecule has 0 N–H and O–H groups in total. The van der Waals surface area contributed by atoms with Crippen molar-refractivity contribution in [2.24, 2.45) is 0 Å². The Morgan fingerprint density at radius 3 is 2.33 bits per heavy atom. The Labute approximate surface area is 105 Å². The second kappa shape index (κ2) is 6.64. The van der Waals surface area contributed by atoms with E-state index in [1.165, 1.54) is 0 Å². The summed E-state index contributed by atoms with van der Waals surface area (Å²) in [5.41, 5.74) is 1.37. The predicted octanol–water partition coefficient (Wildman–Crippen LogP) is 2.06. The number of nitro groups is 1. The summed E-state index contributed by atoms with van der Waals surface area (Å²) in [6.45, 7) is 0.878. The third-order valence-corrected chi connectivity index (χ3v) is 2.54. The molecule has 5 heteroatoms. The third-order valence-electron chi connectivity index (χ3n) is 2.54. The zero-order valence-electron chi connectivity index (χ0n) is 10.2. The number of carbonyl (C=O) groups excluding carboxylic acids is 2. The van der Waals surface area contributed by atoms with Crippen LogP contribution in [0.2, 0.25) is 0 Å². The molecule has 18 heavy (non-hydrogen) atoms. The number of aryl methyl sites for hydroxylation is 1. The van der Waals surface area contributed by atoms with E-state index >= 15 is 0 Å². The molecule has 1 aromatic carbocycles. The minimum absolute atomic E-state index is 0.160. The molecule has 0 heterocycles.